The second-order valence-corrected chi connectivity index (χ2v) is 8.23. The molecule has 2 N–H and O–H groups in total. The first-order chi connectivity index (χ1) is 14.0. The molecule has 1 aliphatic rings. The van der Waals surface area contributed by atoms with Crippen LogP contribution in [0.25, 0.3) is 0 Å². The first-order valence-electron chi connectivity index (χ1n) is 9.84. The van der Waals surface area contributed by atoms with E-state index >= 15 is 0 Å². The Morgan fingerprint density at radius 3 is 2.62 bits per heavy atom. The number of nitrogens with zero attached hydrogens (tertiary/aromatic N) is 3. The predicted octanol–water partition coefficient (Wildman–Crippen LogP) is 2.65. The lowest BCUT2D eigenvalue weighted by Crippen LogP contribution is -2.36. The van der Waals surface area contributed by atoms with Crippen molar-refractivity contribution >= 4 is 28.8 Å². The van der Waals surface area contributed by atoms with Crippen molar-refractivity contribution in [3.8, 4) is 5.75 Å². The van der Waals surface area contributed by atoms with Crippen molar-refractivity contribution in [2.45, 2.75) is 26.2 Å². The summed E-state index contributed by atoms with van der Waals surface area (Å²) in [6.45, 7) is 6.12. The Balaban J connectivity index is 1.43. The summed E-state index contributed by atoms with van der Waals surface area (Å²) in [5.74, 6) is 0.763. The third kappa shape index (κ3) is 6.23. The van der Waals surface area contributed by atoms with Crippen molar-refractivity contribution in [1.82, 2.24) is 20.4 Å². The van der Waals surface area contributed by atoms with Gasteiger partial charge < -0.3 is 20.3 Å². The van der Waals surface area contributed by atoms with Crippen LogP contribution in [0.3, 0.4) is 0 Å². The molecule has 0 saturated carbocycles. The van der Waals surface area contributed by atoms with E-state index in [-0.39, 0.29) is 15.9 Å². The molecule has 2 aromatic rings. The van der Waals surface area contributed by atoms with E-state index in [1.807, 2.05) is 0 Å². The van der Waals surface area contributed by atoms with Crippen molar-refractivity contribution in [1.29, 1.82) is 0 Å². The number of benzene rings is 1. The van der Waals surface area contributed by atoms with Crippen molar-refractivity contribution in [2.75, 3.05) is 38.6 Å². The molecule has 2 amide bonds. The van der Waals surface area contributed by atoms with Gasteiger partial charge in [-0.05, 0) is 62.5 Å². The van der Waals surface area contributed by atoms with E-state index in [1.165, 1.54) is 12.8 Å². The number of nitrogens with one attached hydrogen (secondary N) is 2. The van der Waals surface area contributed by atoms with Crippen LogP contribution < -0.4 is 15.4 Å². The standard InChI is InChI=1S/C20H27N5O3S/c1-14-5-3-11-25(13-14)12-4-10-21-17(26)19-23-24-20(29-19)18(27)22-15-6-8-16(28-2)9-7-15/h6-9,14H,3-5,10-13H2,1-2H3,(H,21,26)(H,22,27)/t14-/m0/s1. The van der Waals surface area contributed by atoms with Crippen molar-refractivity contribution < 1.29 is 14.3 Å². The molecule has 156 valence electrons. The molecule has 0 radical (unpaired) electrons. The SMILES string of the molecule is COc1ccc(NC(=O)c2nnc(C(=O)NCCCN3CCC[C@H](C)C3)s2)cc1. The van der Waals surface area contributed by atoms with E-state index in [0.717, 1.165) is 43.3 Å². The van der Waals surface area contributed by atoms with Gasteiger partial charge in [-0.15, -0.1) is 10.2 Å². The average Bonchev–Trinajstić information content (AvgIpc) is 3.22. The van der Waals surface area contributed by atoms with E-state index in [2.05, 4.69) is 32.7 Å². The maximum Gasteiger partial charge on any atom is 0.286 e. The zero-order valence-electron chi connectivity index (χ0n) is 16.8. The fourth-order valence-electron chi connectivity index (χ4n) is 3.34. The number of rotatable bonds is 8. The quantitative estimate of drug-likeness (QED) is 0.641. The molecule has 1 aromatic heterocycles. The number of hydrogen-bond acceptors (Lipinski definition) is 7. The molecular formula is C20H27N5O3S. The van der Waals surface area contributed by atoms with Crippen LogP contribution in [0.15, 0.2) is 24.3 Å². The van der Waals surface area contributed by atoms with Crippen LogP contribution in [-0.2, 0) is 0 Å². The van der Waals surface area contributed by atoms with Gasteiger partial charge in [-0.2, -0.15) is 0 Å². The number of amides is 2. The Bertz CT molecular complexity index is 824. The molecule has 1 atom stereocenters. The van der Waals surface area contributed by atoms with Gasteiger partial charge in [-0.1, -0.05) is 18.3 Å². The predicted molar refractivity (Wildman–Crippen MR) is 113 cm³/mol. The highest BCUT2D eigenvalue weighted by Gasteiger charge is 2.18. The van der Waals surface area contributed by atoms with Crippen LogP contribution in [-0.4, -0.2) is 60.2 Å². The third-order valence-electron chi connectivity index (χ3n) is 4.84. The van der Waals surface area contributed by atoms with Gasteiger partial charge >= 0.3 is 0 Å². The Morgan fingerprint density at radius 1 is 1.21 bits per heavy atom. The van der Waals surface area contributed by atoms with Gasteiger partial charge in [0, 0.05) is 18.8 Å². The third-order valence-corrected chi connectivity index (χ3v) is 5.76. The number of ether oxygens (including phenoxy) is 1. The molecule has 0 bridgehead atoms. The molecule has 8 nitrogen and oxygen atoms in total. The number of hydrogen-bond donors (Lipinski definition) is 2. The Labute approximate surface area is 174 Å². The summed E-state index contributed by atoms with van der Waals surface area (Å²) in [6.07, 6.45) is 3.44. The highest BCUT2D eigenvalue weighted by molar-refractivity contribution is 7.15. The smallest absolute Gasteiger partial charge is 0.286 e. The Morgan fingerprint density at radius 2 is 1.93 bits per heavy atom. The minimum absolute atomic E-state index is 0.147. The van der Waals surface area contributed by atoms with Crippen LogP contribution in [0, 0.1) is 5.92 Å². The van der Waals surface area contributed by atoms with E-state index < -0.39 is 5.91 Å². The summed E-state index contributed by atoms with van der Waals surface area (Å²) in [6, 6.07) is 6.96. The monoisotopic (exact) mass is 417 g/mol. The van der Waals surface area contributed by atoms with Crippen LogP contribution in [0.5, 0.6) is 5.75 Å². The maximum absolute atomic E-state index is 12.3. The molecule has 9 heteroatoms. The van der Waals surface area contributed by atoms with Gasteiger partial charge in [0.05, 0.1) is 7.11 Å². The summed E-state index contributed by atoms with van der Waals surface area (Å²) < 4.78 is 5.09. The van der Waals surface area contributed by atoms with Crippen LogP contribution in [0.4, 0.5) is 5.69 Å². The number of piperidine rings is 1. The molecule has 3 rings (SSSR count). The van der Waals surface area contributed by atoms with Gasteiger partial charge in [0.25, 0.3) is 11.8 Å². The normalized spacial score (nSPS) is 17.0. The highest BCUT2D eigenvalue weighted by Crippen LogP contribution is 2.17. The van der Waals surface area contributed by atoms with Gasteiger partial charge in [0.1, 0.15) is 5.75 Å². The lowest BCUT2D eigenvalue weighted by Gasteiger charge is -2.30. The zero-order valence-corrected chi connectivity index (χ0v) is 17.6. The topological polar surface area (TPSA) is 96.5 Å². The van der Waals surface area contributed by atoms with Crippen LogP contribution >= 0.6 is 11.3 Å². The van der Waals surface area contributed by atoms with Gasteiger partial charge in [0.15, 0.2) is 0 Å². The van der Waals surface area contributed by atoms with Crippen molar-refractivity contribution in [3.05, 3.63) is 34.3 Å². The number of anilines is 1. The molecule has 1 aliphatic heterocycles. The van der Waals surface area contributed by atoms with Gasteiger partial charge in [-0.25, -0.2) is 0 Å². The molecule has 2 heterocycles. The molecular weight excluding hydrogens is 390 g/mol. The Hall–Kier alpha value is -2.52. The molecule has 1 aromatic carbocycles. The fraction of sp³-hybridized carbons (Fsp3) is 0.500. The highest BCUT2D eigenvalue weighted by atomic mass is 32.1. The summed E-state index contributed by atoms with van der Waals surface area (Å²) in [7, 11) is 1.58. The lowest BCUT2D eigenvalue weighted by molar-refractivity contribution is 0.0947. The number of likely N-dealkylation sites (tertiary alicyclic amines) is 1. The largest absolute Gasteiger partial charge is 0.497 e. The summed E-state index contributed by atoms with van der Waals surface area (Å²) in [5.41, 5.74) is 0.615. The second kappa shape index (κ2) is 10.3. The summed E-state index contributed by atoms with van der Waals surface area (Å²) >= 11 is 0.981. The summed E-state index contributed by atoms with van der Waals surface area (Å²) in [4.78, 5) is 27.0. The van der Waals surface area contributed by atoms with Gasteiger partial charge in [-0.3, -0.25) is 9.59 Å². The van der Waals surface area contributed by atoms with Gasteiger partial charge in [0.2, 0.25) is 10.0 Å². The first-order valence-corrected chi connectivity index (χ1v) is 10.7. The second-order valence-electron chi connectivity index (χ2n) is 7.25. The van der Waals surface area contributed by atoms with E-state index in [0.29, 0.717) is 18.0 Å². The number of methoxy groups -OCH3 is 1. The number of aromatic nitrogens is 2. The van der Waals surface area contributed by atoms with E-state index in [4.69, 9.17) is 4.74 Å². The first kappa shape index (κ1) is 21.2. The van der Waals surface area contributed by atoms with Crippen LogP contribution in [0.2, 0.25) is 0 Å². The zero-order chi connectivity index (χ0) is 20.6. The Kier molecular flexibility index (Phi) is 7.54. The van der Waals surface area contributed by atoms with E-state index in [1.54, 1.807) is 31.4 Å². The fourth-order valence-corrected chi connectivity index (χ4v) is 3.99. The lowest BCUT2D eigenvalue weighted by atomic mass is 10.0. The number of carbonyl (C=O) groups excluding carboxylic acids is 2. The molecule has 0 spiro atoms. The molecule has 0 unspecified atom stereocenters. The molecule has 29 heavy (non-hydrogen) atoms. The molecule has 1 saturated heterocycles. The maximum atomic E-state index is 12.3. The van der Waals surface area contributed by atoms with Crippen molar-refractivity contribution in [2.24, 2.45) is 5.92 Å². The molecule has 1 fully saturated rings. The van der Waals surface area contributed by atoms with Crippen LogP contribution in [0.1, 0.15) is 45.8 Å². The number of carbonyl (C=O) groups is 2. The van der Waals surface area contributed by atoms with E-state index in [9.17, 15) is 9.59 Å². The summed E-state index contributed by atoms with van der Waals surface area (Å²) in [5, 5.41) is 13.6. The van der Waals surface area contributed by atoms with Crippen molar-refractivity contribution in [3.63, 3.8) is 0 Å². The minimum Gasteiger partial charge on any atom is -0.497 e. The average molecular weight is 418 g/mol. The molecule has 0 aliphatic carbocycles. The minimum atomic E-state index is -0.397.